The second-order valence-corrected chi connectivity index (χ2v) is 5.69. The van der Waals surface area contributed by atoms with E-state index in [0.29, 0.717) is 5.56 Å². The molecule has 2 aromatic rings. The molecule has 0 saturated carbocycles. The van der Waals surface area contributed by atoms with Crippen LogP contribution in [0.5, 0.6) is 11.5 Å². The zero-order valence-corrected chi connectivity index (χ0v) is 15.3. The van der Waals surface area contributed by atoms with Crippen LogP contribution in [0.3, 0.4) is 0 Å². The van der Waals surface area contributed by atoms with E-state index in [2.05, 4.69) is 0 Å². The molecule has 0 aliphatic carbocycles. The summed E-state index contributed by atoms with van der Waals surface area (Å²) in [5.74, 6) is -1.66. The van der Waals surface area contributed by atoms with Gasteiger partial charge in [0.05, 0.1) is 11.5 Å². The van der Waals surface area contributed by atoms with E-state index in [4.69, 9.17) is 14.2 Å². The van der Waals surface area contributed by atoms with Crippen molar-refractivity contribution >= 4 is 17.6 Å². The largest absolute Gasteiger partial charge is 0.507 e. The quantitative estimate of drug-likeness (QED) is 0.415. The Labute approximate surface area is 160 Å². The van der Waals surface area contributed by atoms with Gasteiger partial charge in [-0.2, -0.15) is 0 Å². The second-order valence-electron chi connectivity index (χ2n) is 5.69. The number of benzene rings is 2. The first-order valence-electron chi connectivity index (χ1n) is 8.38. The van der Waals surface area contributed by atoms with Gasteiger partial charge in [-0.15, -0.1) is 0 Å². The van der Waals surface area contributed by atoms with Crippen molar-refractivity contribution in [2.75, 3.05) is 6.61 Å². The fraction of sp³-hybridized carbons (Fsp3) is 0.263. The third-order valence-electron chi connectivity index (χ3n) is 3.64. The van der Waals surface area contributed by atoms with Gasteiger partial charge in [0.15, 0.2) is 6.10 Å². The molecule has 0 aliphatic rings. The summed E-state index contributed by atoms with van der Waals surface area (Å²) in [6, 6.07) is 9.80. The summed E-state index contributed by atoms with van der Waals surface area (Å²) in [5.41, 5.74) is 0.477. The summed E-state index contributed by atoms with van der Waals surface area (Å²) in [4.78, 5) is 33.9. The number of ether oxygens (including phenoxy) is 3. The van der Waals surface area contributed by atoms with Crippen LogP contribution in [0.4, 0.5) is 5.69 Å². The van der Waals surface area contributed by atoms with Crippen LogP contribution >= 0.6 is 0 Å². The summed E-state index contributed by atoms with van der Waals surface area (Å²) in [5, 5.41) is 20.5. The maximum Gasteiger partial charge on any atom is 0.347 e. The van der Waals surface area contributed by atoms with E-state index in [1.807, 2.05) is 0 Å². The standard InChI is InChI=1S/C19H19NO8/c1-3-26-18(22)12(2)28-19(23)16-10-15(8-9-17(16)21)27-11-13-4-6-14(7-5-13)20(24)25/h4-10,12,21H,3,11H2,1-2H3. The Morgan fingerprint density at radius 2 is 1.86 bits per heavy atom. The van der Waals surface area contributed by atoms with Gasteiger partial charge in [0.25, 0.3) is 5.69 Å². The number of hydrogen-bond donors (Lipinski definition) is 1. The summed E-state index contributed by atoms with van der Waals surface area (Å²) in [6.07, 6.45) is -1.13. The molecule has 2 rings (SSSR count). The van der Waals surface area contributed by atoms with E-state index in [1.54, 1.807) is 19.1 Å². The average molecular weight is 389 g/mol. The van der Waals surface area contributed by atoms with Crippen molar-refractivity contribution in [2.24, 2.45) is 0 Å². The minimum atomic E-state index is -1.13. The summed E-state index contributed by atoms with van der Waals surface area (Å²) < 4.78 is 15.3. The van der Waals surface area contributed by atoms with Gasteiger partial charge in [0.2, 0.25) is 0 Å². The van der Waals surface area contributed by atoms with E-state index >= 15 is 0 Å². The van der Waals surface area contributed by atoms with Crippen LogP contribution in [0.15, 0.2) is 42.5 Å². The molecule has 0 aliphatic heterocycles. The Kier molecular flexibility index (Phi) is 6.91. The number of non-ortho nitro benzene ring substituents is 1. The number of esters is 2. The number of aromatic hydroxyl groups is 1. The Morgan fingerprint density at radius 1 is 1.18 bits per heavy atom. The molecule has 0 saturated heterocycles. The minimum Gasteiger partial charge on any atom is -0.507 e. The molecule has 0 spiro atoms. The molecule has 9 nitrogen and oxygen atoms in total. The molecule has 0 heterocycles. The van der Waals surface area contributed by atoms with Crippen molar-refractivity contribution in [3.63, 3.8) is 0 Å². The zero-order chi connectivity index (χ0) is 20.7. The Bertz CT molecular complexity index is 863. The Morgan fingerprint density at radius 3 is 2.46 bits per heavy atom. The highest BCUT2D eigenvalue weighted by Gasteiger charge is 2.22. The highest BCUT2D eigenvalue weighted by atomic mass is 16.6. The molecule has 0 amide bonds. The van der Waals surface area contributed by atoms with E-state index in [1.165, 1.54) is 37.3 Å². The van der Waals surface area contributed by atoms with Gasteiger partial charge in [0.1, 0.15) is 23.7 Å². The van der Waals surface area contributed by atoms with Crippen LogP contribution in [-0.4, -0.2) is 34.7 Å². The van der Waals surface area contributed by atoms with Gasteiger partial charge < -0.3 is 19.3 Å². The summed E-state index contributed by atoms with van der Waals surface area (Å²) in [7, 11) is 0. The lowest BCUT2D eigenvalue weighted by atomic mass is 10.2. The van der Waals surface area contributed by atoms with E-state index in [0.717, 1.165) is 0 Å². The van der Waals surface area contributed by atoms with Crippen LogP contribution in [0.25, 0.3) is 0 Å². The molecular weight excluding hydrogens is 370 g/mol. The number of nitrogens with zero attached hydrogens (tertiary/aromatic N) is 1. The molecule has 2 aromatic carbocycles. The van der Waals surface area contributed by atoms with Crippen molar-refractivity contribution in [3.05, 3.63) is 63.7 Å². The molecule has 1 N–H and O–H groups in total. The zero-order valence-electron chi connectivity index (χ0n) is 15.3. The number of nitro groups is 1. The molecule has 0 fully saturated rings. The monoisotopic (exact) mass is 389 g/mol. The highest BCUT2D eigenvalue weighted by Crippen LogP contribution is 2.25. The van der Waals surface area contributed by atoms with Crippen LogP contribution in [0.2, 0.25) is 0 Å². The van der Waals surface area contributed by atoms with Crippen molar-refractivity contribution in [1.82, 2.24) is 0 Å². The maximum absolute atomic E-state index is 12.2. The fourth-order valence-electron chi connectivity index (χ4n) is 2.18. The van der Waals surface area contributed by atoms with Crippen molar-refractivity contribution < 1.29 is 33.8 Å². The first kappa shape index (κ1) is 20.7. The van der Waals surface area contributed by atoms with Gasteiger partial charge in [-0.3, -0.25) is 10.1 Å². The summed E-state index contributed by atoms with van der Waals surface area (Å²) >= 11 is 0. The maximum atomic E-state index is 12.2. The number of phenolic OH excluding ortho intramolecular Hbond substituents is 1. The predicted molar refractivity (Wildman–Crippen MR) is 97.0 cm³/mol. The molecule has 1 atom stereocenters. The molecule has 0 bridgehead atoms. The number of nitro benzene ring substituents is 1. The molecule has 9 heteroatoms. The van der Waals surface area contributed by atoms with Gasteiger partial charge in [0, 0.05) is 12.1 Å². The first-order chi connectivity index (χ1) is 13.3. The third-order valence-corrected chi connectivity index (χ3v) is 3.64. The van der Waals surface area contributed by atoms with Crippen LogP contribution in [-0.2, 0) is 20.9 Å². The van der Waals surface area contributed by atoms with E-state index in [9.17, 15) is 24.8 Å². The molecule has 28 heavy (non-hydrogen) atoms. The third kappa shape index (κ3) is 5.44. The second kappa shape index (κ2) is 9.36. The summed E-state index contributed by atoms with van der Waals surface area (Å²) in [6.45, 7) is 3.24. The average Bonchev–Trinajstić information content (AvgIpc) is 2.67. The lowest BCUT2D eigenvalue weighted by molar-refractivity contribution is -0.384. The topological polar surface area (TPSA) is 125 Å². The Balaban J connectivity index is 2.04. The van der Waals surface area contributed by atoms with Gasteiger partial charge in [-0.25, -0.2) is 9.59 Å². The SMILES string of the molecule is CCOC(=O)C(C)OC(=O)c1cc(OCc2ccc([N+](=O)[O-])cc2)ccc1O. The smallest absolute Gasteiger partial charge is 0.347 e. The van der Waals surface area contributed by atoms with Gasteiger partial charge in [-0.1, -0.05) is 0 Å². The van der Waals surface area contributed by atoms with Crippen molar-refractivity contribution in [3.8, 4) is 11.5 Å². The van der Waals surface area contributed by atoms with Crippen LogP contribution < -0.4 is 4.74 Å². The lowest BCUT2D eigenvalue weighted by Crippen LogP contribution is -2.26. The van der Waals surface area contributed by atoms with Crippen LogP contribution in [0, 0.1) is 10.1 Å². The highest BCUT2D eigenvalue weighted by molar-refractivity contribution is 5.94. The lowest BCUT2D eigenvalue weighted by Gasteiger charge is -2.13. The van der Waals surface area contributed by atoms with Gasteiger partial charge >= 0.3 is 11.9 Å². The molecule has 0 aromatic heterocycles. The number of carbonyl (C=O) groups is 2. The minimum absolute atomic E-state index is 0.0332. The first-order valence-corrected chi connectivity index (χ1v) is 8.38. The normalized spacial score (nSPS) is 11.4. The molecular formula is C19H19NO8. The van der Waals surface area contributed by atoms with Gasteiger partial charge in [-0.05, 0) is 49.7 Å². The number of rotatable bonds is 8. The van der Waals surface area contributed by atoms with Crippen molar-refractivity contribution in [1.29, 1.82) is 0 Å². The van der Waals surface area contributed by atoms with Crippen molar-refractivity contribution in [2.45, 2.75) is 26.6 Å². The molecule has 148 valence electrons. The van der Waals surface area contributed by atoms with E-state index in [-0.39, 0.29) is 36.0 Å². The molecule has 0 radical (unpaired) electrons. The molecule has 1 unspecified atom stereocenters. The Hall–Kier alpha value is -3.62. The van der Waals surface area contributed by atoms with Crippen LogP contribution in [0.1, 0.15) is 29.8 Å². The predicted octanol–water partition coefficient (Wildman–Crippen LogP) is 2.99. The fourth-order valence-corrected chi connectivity index (χ4v) is 2.18. The van der Waals surface area contributed by atoms with E-state index < -0.39 is 23.0 Å². The number of carbonyl (C=O) groups excluding carboxylic acids is 2. The number of hydrogen-bond acceptors (Lipinski definition) is 8. The number of phenols is 1.